The molecule has 0 atom stereocenters. The topological polar surface area (TPSA) is 56.8 Å². The first-order valence-corrected chi connectivity index (χ1v) is 7.01. The third-order valence-electron chi connectivity index (χ3n) is 3.09. The molecule has 0 aliphatic carbocycles. The highest BCUT2D eigenvalue weighted by molar-refractivity contribution is 5.94. The van der Waals surface area contributed by atoms with Crippen molar-refractivity contribution < 1.29 is 19.0 Å². The first-order valence-electron chi connectivity index (χ1n) is 7.01. The molecule has 1 amide bonds. The van der Waals surface area contributed by atoms with Gasteiger partial charge in [0.25, 0.3) is 5.91 Å². The zero-order valence-electron chi connectivity index (χ0n) is 12.0. The van der Waals surface area contributed by atoms with Crippen molar-refractivity contribution in [3.63, 3.8) is 0 Å². The van der Waals surface area contributed by atoms with Crippen molar-refractivity contribution in [2.75, 3.05) is 26.4 Å². The molecule has 0 spiro atoms. The number of hydrogen-bond donors (Lipinski definition) is 1. The quantitative estimate of drug-likeness (QED) is 0.773. The van der Waals surface area contributed by atoms with Gasteiger partial charge in [0.15, 0.2) is 6.29 Å². The van der Waals surface area contributed by atoms with Crippen LogP contribution in [0.4, 0.5) is 0 Å². The van der Waals surface area contributed by atoms with E-state index in [4.69, 9.17) is 14.2 Å². The Morgan fingerprint density at radius 2 is 2.10 bits per heavy atom. The van der Waals surface area contributed by atoms with E-state index in [-0.39, 0.29) is 5.91 Å². The van der Waals surface area contributed by atoms with Crippen molar-refractivity contribution >= 4 is 5.91 Å². The van der Waals surface area contributed by atoms with E-state index < -0.39 is 6.29 Å². The average Bonchev–Trinajstić information content (AvgIpc) is 2.92. The Kier molecular flexibility index (Phi) is 5.38. The molecule has 2 rings (SSSR count). The fourth-order valence-corrected chi connectivity index (χ4v) is 2.14. The minimum atomic E-state index is -0.397. The van der Waals surface area contributed by atoms with Crippen LogP contribution in [0.3, 0.4) is 0 Å². The van der Waals surface area contributed by atoms with Crippen LogP contribution < -0.4 is 10.1 Å². The molecule has 1 heterocycles. The SMILES string of the molecule is CCOC(CNC(=O)c1ccc2c(c1)CCO2)OCC. The molecule has 5 heteroatoms. The third kappa shape index (κ3) is 3.71. The standard InChI is InChI=1S/C15H21NO4/c1-3-18-14(19-4-2)10-16-15(17)12-5-6-13-11(9-12)7-8-20-13/h5-6,9,14H,3-4,7-8,10H2,1-2H3,(H,16,17). The van der Waals surface area contributed by atoms with E-state index in [1.807, 2.05) is 26.0 Å². The first kappa shape index (κ1) is 14.8. The van der Waals surface area contributed by atoms with Crippen molar-refractivity contribution in [2.45, 2.75) is 26.6 Å². The third-order valence-corrected chi connectivity index (χ3v) is 3.09. The summed E-state index contributed by atoms with van der Waals surface area (Å²) >= 11 is 0. The van der Waals surface area contributed by atoms with E-state index in [9.17, 15) is 4.79 Å². The Hall–Kier alpha value is -1.59. The molecular weight excluding hydrogens is 258 g/mol. The lowest BCUT2D eigenvalue weighted by atomic mass is 10.1. The first-order chi connectivity index (χ1) is 9.74. The molecule has 0 radical (unpaired) electrons. The summed E-state index contributed by atoms with van der Waals surface area (Å²) in [6.07, 6.45) is 0.462. The molecule has 1 N–H and O–H groups in total. The number of benzene rings is 1. The predicted octanol–water partition coefficient (Wildman–Crippen LogP) is 1.75. The molecule has 1 aromatic carbocycles. The second-order valence-electron chi connectivity index (χ2n) is 4.47. The monoisotopic (exact) mass is 279 g/mol. The van der Waals surface area contributed by atoms with Gasteiger partial charge < -0.3 is 19.5 Å². The van der Waals surface area contributed by atoms with Crippen molar-refractivity contribution in [3.8, 4) is 5.75 Å². The van der Waals surface area contributed by atoms with Crippen molar-refractivity contribution in [1.29, 1.82) is 0 Å². The molecule has 1 aliphatic rings. The van der Waals surface area contributed by atoms with Gasteiger partial charge in [-0.1, -0.05) is 0 Å². The summed E-state index contributed by atoms with van der Waals surface area (Å²) < 4.78 is 16.2. The average molecular weight is 279 g/mol. The maximum absolute atomic E-state index is 12.1. The molecule has 0 saturated heterocycles. The van der Waals surface area contributed by atoms with Crippen LogP contribution in [-0.4, -0.2) is 38.6 Å². The lowest BCUT2D eigenvalue weighted by molar-refractivity contribution is -0.131. The molecule has 5 nitrogen and oxygen atoms in total. The van der Waals surface area contributed by atoms with Crippen molar-refractivity contribution in [1.82, 2.24) is 5.32 Å². The van der Waals surface area contributed by atoms with Gasteiger partial charge in [-0.2, -0.15) is 0 Å². The summed E-state index contributed by atoms with van der Waals surface area (Å²) in [4.78, 5) is 12.1. The maximum Gasteiger partial charge on any atom is 0.251 e. The smallest absolute Gasteiger partial charge is 0.251 e. The maximum atomic E-state index is 12.1. The van der Waals surface area contributed by atoms with E-state index in [1.165, 1.54) is 0 Å². The minimum Gasteiger partial charge on any atom is -0.493 e. The Labute approximate surface area is 119 Å². The van der Waals surface area contributed by atoms with Crippen LogP contribution in [0.15, 0.2) is 18.2 Å². The Balaban J connectivity index is 1.91. The van der Waals surface area contributed by atoms with Crippen LogP contribution in [-0.2, 0) is 15.9 Å². The Morgan fingerprint density at radius 3 is 2.80 bits per heavy atom. The number of amides is 1. The summed E-state index contributed by atoms with van der Waals surface area (Å²) in [5.41, 5.74) is 1.73. The Bertz CT molecular complexity index is 455. The molecule has 0 saturated carbocycles. The fourth-order valence-electron chi connectivity index (χ4n) is 2.14. The summed E-state index contributed by atoms with van der Waals surface area (Å²) in [7, 11) is 0. The zero-order chi connectivity index (χ0) is 14.4. The van der Waals surface area contributed by atoms with E-state index in [0.717, 1.165) is 17.7 Å². The van der Waals surface area contributed by atoms with Gasteiger partial charge in [0.05, 0.1) is 13.2 Å². The number of rotatable bonds is 7. The van der Waals surface area contributed by atoms with Crippen LogP contribution in [0.25, 0.3) is 0 Å². The Morgan fingerprint density at radius 1 is 1.35 bits per heavy atom. The molecule has 20 heavy (non-hydrogen) atoms. The van der Waals surface area contributed by atoms with Crippen molar-refractivity contribution in [3.05, 3.63) is 29.3 Å². The van der Waals surface area contributed by atoms with Gasteiger partial charge in [-0.3, -0.25) is 4.79 Å². The highest BCUT2D eigenvalue weighted by Gasteiger charge is 2.16. The van der Waals surface area contributed by atoms with Gasteiger partial charge in [0.1, 0.15) is 5.75 Å². The van der Waals surface area contributed by atoms with Gasteiger partial charge in [-0.05, 0) is 37.6 Å². The van der Waals surface area contributed by atoms with Crippen LogP contribution in [0.2, 0.25) is 0 Å². The summed E-state index contributed by atoms with van der Waals surface area (Å²) in [5.74, 6) is 0.757. The predicted molar refractivity (Wildman–Crippen MR) is 75.0 cm³/mol. The molecule has 110 valence electrons. The highest BCUT2D eigenvalue weighted by Crippen LogP contribution is 2.25. The van der Waals surface area contributed by atoms with Gasteiger partial charge in [-0.15, -0.1) is 0 Å². The van der Waals surface area contributed by atoms with E-state index >= 15 is 0 Å². The lowest BCUT2D eigenvalue weighted by Gasteiger charge is -2.17. The van der Waals surface area contributed by atoms with Gasteiger partial charge in [-0.25, -0.2) is 0 Å². The molecule has 1 aromatic rings. The summed E-state index contributed by atoms with van der Waals surface area (Å²) in [5, 5.41) is 2.83. The minimum absolute atomic E-state index is 0.121. The van der Waals surface area contributed by atoms with Crippen LogP contribution in [0.1, 0.15) is 29.8 Å². The molecule has 0 aromatic heterocycles. The van der Waals surface area contributed by atoms with Crippen LogP contribution >= 0.6 is 0 Å². The molecule has 1 aliphatic heterocycles. The number of hydrogen-bond acceptors (Lipinski definition) is 4. The second-order valence-corrected chi connectivity index (χ2v) is 4.47. The van der Waals surface area contributed by atoms with Crippen molar-refractivity contribution in [2.24, 2.45) is 0 Å². The number of fused-ring (bicyclic) bond motifs is 1. The van der Waals surface area contributed by atoms with E-state index in [1.54, 1.807) is 6.07 Å². The molecular formula is C15H21NO4. The number of carbonyl (C=O) groups excluding carboxylic acids is 1. The van der Waals surface area contributed by atoms with Gasteiger partial charge >= 0.3 is 0 Å². The summed E-state index contributed by atoms with van der Waals surface area (Å²) in [6, 6.07) is 5.50. The molecule has 0 fully saturated rings. The largest absolute Gasteiger partial charge is 0.493 e. The fraction of sp³-hybridized carbons (Fsp3) is 0.533. The zero-order valence-corrected chi connectivity index (χ0v) is 12.0. The molecule has 0 bridgehead atoms. The molecule has 0 unspecified atom stereocenters. The van der Waals surface area contributed by atoms with Crippen LogP contribution in [0, 0.1) is 0 Å². The van der Waals surface area contributed by atoms with Gasteiger partial charge in [0, 0.05) is 25.2 Å². The second kappa shape index (κ2) is 7.26. The van der Waals surface area contributed by atoms with Crippen LogP contribution in [0.5, 0.6) is 5.75 Å². The normalized spacial score (nSPS) is 13.2. The summed E-state index contributed by atoms with van der Waals surface area (Å²) in [6.45, 7) is 5.93. The highest BCUT2D eigenvalue weighted by atomic mass is 16.7. The van der Waals surface area contributed by atoms with Gasteiger partial charge in [0.2, 0.25) is 0 Å². The number of ether oxygens (including phenoxy) is 3. The number of nitrogens with one attached hydrogen (secondary N) is 1. The van der Waals surface area contributed by atoms with E-state index in [0.29, 0.717) is 31.9 Å². The lowest BCUT2D eigenvalue weighted by Crippen LogP contribution is -2.35. The number of carbonyl (C=O) groups is 1. The van der Waals surface area contributed by atoms with E-state index in [2.05, 4.69) is 5.32 Å².